The third-order valence-electron chi connectivity index (χ3n) is 2.01. The zero-order valence-corrected chi connectivity index (χ0v) is 9.08. The van der Waals surface area contributed by atoms with Crippen LogP contribution in [0, 0.1) is 10.1 Å². The van der Waals surface area contributed by atoms with Crippen molar-refractivity contribution in [1.82, 2.24) is 0 Å². The molecule has 0 atom stereocenters. The van der Waals surface area contributed by atoms with Gasteiger partial charge in [-0.15, -0.1) is 0 Å². The number of carbonyl (C=O) groups is 2. The zero-order chi connectivity index (χ0) is 14.1. The molecule has 96 valence electrons. The fourth-order valence-corrected chi connectivity index (χ4v) is 1.41. The first-order valence-corrected chi connectivity index (χ1v) is 4.61. The van der Waals surface area contributed by atoms with E-state index in [4.69, 9.17) is 11.6 Å². The summed E-state index contributed by atoms with van der Waals surface area (Å²) >= 11 is 5.03. The number of alkyl halides is 3. The molecule has 0 N–H and O–H groups in total. The summed E-state index contributed by atoms with van der Waals surface area (Å²) < 4.78 is 37.6. The van der Waals surface area contributed by atoms with Crippen LogP contribution in [0.4, 0.5) is 18.9 Å². The van der Waals surface area contributed by atoms with Gasteiger partial charge in [0.05, 0.1) is 10.5 Å². The number of halogens is 4. The molecule has 0 unspecified atom stereocenters. The molecule has 0 aliphatic rings. The molecule has 18 heavy (non-hydrogen) atoms. The third-order valence-corrected chi connectivity index (χ3v) is 2.21. The summed E-state index contributed by atoms with van der Waals surface area (Å²) in [5.41, 5.74) is -4.26. The van der Waals surface area contributed by atoms with Crippen LogP contribution < -0.4 is 0 Å². The zero-order valence-electron chi connectivity index (χ0n) is 8.32. The van der Waals surface area contributed by atoms with E-state index in [0.29, 0.717) is 6.07 Å². The van der Waals surface area contributed by atoms with Gasteiger partial charge < -0.3 is 0 Å². The Balaban J connectivity index is 3.68. The smallest absolute Gasteiger partial charge is 0.298 e. The fraction of sp³-hybridized carbons (Fsp3) is 0.111. The van der Waals surface area contributed by atoms with Crippen LogP contribution in [0.3, 0.4) is 0 Å². The lowest BCUT2D eigenvalue weighted by molar-refractivity contribution is -0.388. The summed E-state index contributed by atoms with van der Waals surface area (Å²) in [4.78, 5) is 30.6. The molecule has 5 nitrogen and oxygen atoms in total. The summed E-state index contributed by atoms with van der Waals surface area (Å²) in [5.74, 6) is 0. The molecule has 0 radical (unpaired) electrons. The van der Waals surface area contributed by atoms with E-state index in [1.165, 1.54) is 0 Å². The number of hydrogen-bond acceptors (Lipinski definition) is 4. The van der Waals surface area contributed by atoms with Crippen molar-refractivity contribution in [3.8, 4) is 0 Å². The minimum atomic E-state index is -5.02. The number of aldehydes is 1. The summed E-state index contributed by atoms with van der Waals surface area (Å²) in [6.07, 6.45) is -5.05. The molecular weight excluding hydrogens is 279 g/mol. The highest BCUT2D eigenvalue weighted by Crippen LogP contribution is 2.37. The maximum Gasteiger partial charge on any atom is 0.423 e. The SMILES string of the molecule is O=Cc1cc(C(F)(F)F)c([N+](=O)[O-])cc1C(=O)Cl. The van der Waals surface area contributed by atoms with E-state index in [1.807, 2.05) is 0 Å². The van der Waals surface area contributed by atoms with Crippen LogP contribution in [0.25, 0.3) is 0 Å². The highest BCUT2D eigenvalue weighted by atomic mass is 35.5. The van der Waals surface area contributed by atoms with Gasteiger partial charge in [-0.2, -0.15) is 13.2 Å². The van der Waals surface area contributed by atoms with Crippen LogP contribution in [0.2, 0.25) is 0 Å². The molecule has 0 saturated carbocycles. The van der Waals surface area contributed by atoms with E-state index in [-0.39, 0.29) is 12.4 Å². The second-order valence-electron chi connectivity index (χ2n) is 3.10. The molecule has 0 saturated heterocycles. The second kappa shape index (κ2) is 4.73. The van der Waals surface area contributed by atoms with Crippen LogP contribution >= 0.6 is 11.6 Å². The quantitative estimate of drug-likeness (QED) is 0.369. The second-order valence-corrected chi connectivity index (χ2v) is 3.45. The van der Waals surface area contributed by atoms with Gasteiger partial charge in [-0.1, -0.05) is 0 Å². The lowest BCUT2D eigenvalue weighted by Gasteiger charge is -2.09. The Hall–Kier alpha value is -1.96. The summed E-state index contributed by atoms with van der Waals surface area (Å²) in [6, 6.07) is 0.558. The molecule has 0 heterocycles. The molecule has 1 rings (SSSR count). The van der Waals surface area contributed by atoms with E-state index in [2.05, 4.69) is 0 Å². The van der Waals surface area contributed by atoms with E-state index in [1.54, 1.807) is 0 Å². The van der Waals surface area contributed by atoms with Crippen molar-refractivity contribution in [3.63, 3.8) is 0 Å². The normalized spacial score (nSPS) is 11.1. The summed E-state index contributed by atoms with van der Waals surface area (Å²) in [5, 5.41) is 9.25. The molecule has 9 heteroatoms. The molecule has 0 bridgehead atoms. The number of nitro benzene ring substituents is 1. The number of rotatable bonds is 3. The van der Waals surface area contributed by atoms with Crippen molar-refractivity contribution in [2.24, 2.45) is 0 Å². The first-order valence-electron chi connectivity index (χ1n) is 4.23. The minimum absolute atomic E-state index is 0.0332. The van der Waals surface area contributed by atoms with Crippen LogP contribution in [-0.4, -0.2) is 16.5 Å². The number of nitro groups is 1. The highest BCUT2D eigenvalue weighted by molar-refractivity contribution is 6.68. The van der Waals surface area contributed by atoms with E-state index in [9.17, 15) is 32.9 Å². The molecule has 0 aliphatic carbocycles. The van der Waals surface area contributed by atoms with Gasteiger partial charge in [-0.3, -0.25) is 19.7 Å². The molecule has 1 aromatic rings. The topological polar surface area (TPSA) is 77.3 Å². The van der Waals surface area contributed by atoms with Gasteiger partial charge in [0.25, 0.3) is 10.9 Å². The minimum Gasteiger partial charge on any atom is -0.298 e. The number of nitrogens with zero attached hydrogens (tertiary/aromatic N) is 1. The van der Waals surface area contributed by atoms with Crippen molar-refractivity contribution in [2.75, 3.05) is 0 Å². The maximum atomic E-state index is 12.5. The average molecular weight is 282 g/mol. The number of carbonyl (C=O) groups excluding carboxylic acids is 2. The van der Waals surface area contributed by atoms with E-state index >= 15 is 0 Å². The first-order chi connectivity index (χ1) is 8.18. The molecule has 0 amide bonds. The van der Waals surface area contributed by atoms with Gasteiger partial charge in [0.1, 0.15) is 5.56 Å². The maximum absolute atomic E-state index is 12.5. The number of benzene rings is 1. The van der Waals surface area contributed by atoms with Crippen molar-refractivity contribution < 1.29 is 27.7 Å². The fourth-order valence-electron chi connectivity index (χ4n) is 1.25. The molecule has 0 aliphatic heterocycles. The van der Waals surface area contributed by atoms with Crippen molar-refractivity contribution in [3.05, 3.63) is 38.9 Å². The monoisotopic (exact) mass is 281 g/mol. The van der Waals surface area contributed by atoms with Gasteiger partial charge in [0.15, 0.2) is 6.29 Å². The van der Waals surface area contributed by atoms with Crippen molar-refractivity contribution in [2.45, 2.75) is 6.18 Å². The average Bonchev–Trinajstić information content (AvgIpc) is 2.25. The molecular formula is C9H3ClF3NO4. The largest absolute Gasteiger partial charge is 0.423 e. The Morgan fingerprint density at radius 3 is 2.28 bits per heavy atom. The van der Waals surface area contributed by atoms with Crippen molar-refractivity contribution in [1.29, 1.82) is 0 Å². The number of hydrogen-bond donors (Lipinski definition) is 0. The highest BCUT2D eigenvalue weighted by Gasteiger charge is 2.39. The predicted octanol–water partition coefficient (Wildman–Crippen LogP) is 2.81. The summed E-state index contributed by atoms with van der Waals surface area (Å²) in [6.45, 7) is 0. The first kappa shape index (κ1) is 14.1. The van der Waals surface area contributed by atoms with Crippen molar-refractivity contribution >= 4 is 28.8 Å². The van der Waals surface area contributed by atoms with Gasteiger partial charge in [0.2, 0.25) is 0 Å². The van der Waals surface area contributed by atoms with E-state index < -0.39 is 38.7 Å². The summed E-state index contributed by atoms with van der Waals surface area (Å²) in [7, 11) is 0. The lowest BCUT2D eigenvalue weighted by Crippen LogP contribution is -2.11. The standard InChI is InChI=1S/C9H3ClF3NO4/c10-8(16)5-2-7(14(17)18)6(9(11,12)13)1-4(5)3-15/h1-3H. The predicted molar refractivity (Wildman–Crippen MR) is 53.7 cm³/mol. The van der Waals surface area contributed by atoms with Crippen LogP contribution in [0.5, 0.6) is 0 Å². The van der Waals surface area contributed by atoms with Gasteiger partial charge in [-0.25, -0.2) is 0 Å². The van der Waals surface area contributed by atoms with Crippen LogP contribution in [-0.2, 0) is 6.18 Å². The molecule has 0 fully saturated rings. The molecule has 0 aromatic heterocycles. The van der Waals surface area contributed by atoms with E-state index in [0.717, 1.165) is 0 Å². The van der Waals surface area contributed by atoms with Gasteiger partial charge in [0, 0.05) is 11.6 Å². The Labute approximate surface area is 102 Å². The molecule has 1 aromatic carbocycles. The Kier molecular flexibility index (Phi) is 3.70. The Bertz CT molecular complexity index is 541. The lowest BCUT2D eigenvalue weighted by atomic mass is 10.0. The Morgan fingerprint density at radius 1 is 1.39 bits per heavy atom. The van der Waals surface area contributed by atoms with Gasteiger partial charge in [-0.05, 0) is 17.7 Å². The van der Waals surface area contributed by atoms with Crippen LogP contribution in [0.15, 0.2) is 12.1 Å². The third kappa shape index (κ3) is 2.65. The van der Waals surface area contributed by atoms with Gasteiger partial charge >= 0.3 is 6.18 Å². The van der Waals surface area contributed by atoms with Crippen LogP contribution in [0.1, 0.15) is 26.3 Å². The molecule has 0 spiro atoms. The Morgan fingerprint density at radius 2 is 1.94 bits per heavy atom.